The number of amides is 1. The Labute approximate surface area is 162 Å². The van der Waals surface area contributed by atoms with Crippen LogP contribution in [-0.4, -0.2) is 50.6 Å². The molecule has 1 aliphatic rings. The van der Waals surface area contributed by atoms with Crippen molar-refractivity contribution < 1.29 is 14.1 Å². The largest absolute Gasteiger partial charge is 0.368 e. The summed E-state index contributed by atoms with van der Waals surface area (Å²) in [6.07, 6.45) is 2.80. The van der Waals surface area contributed by atoms with E-state index < -0.39 is 0 Å². The summed E-state index contributed by atoms with van der Waals surface area (Å²) in [6.45, 7) is 6.95. The second-order valence-electron chi connectivity index (χ2n) is 6.80. The van der Waals surface area contributed by atoms with E-state index in [-0.39, 0.29) is 12.0 Å². The zero-order valence-corrected chi connectivity index (χ0v) is 16.0. The van der Waals surface area contributed by atoms with Gasteiger partial charge in [0.25, 0.3) is 5.91 Å². The summed E-state index contributed by atoms with van der Waals surface area (Å²) in [4.78, 5) is 27.6. The van der Waals surface area contributed by atoms with Gasteiger partial charge in [-0.3, -0.25) is 9.78 Å². The smallest absolute Gasteiger partial charge is 0.274 e. The number of aromatic nitrogens is 4. The van der Waals surface area contributed by atoms with Crippen LogP contribution in [0.1, 0.15) is 39.4 Å². The monoisotopic (exact) mass is 379 g/mol. The number of morpholine rings is 1. The maximum absolute atomic E-state index is 12.8. The zero-order chi connectivity index (χ0) is 19.7. The molecule has 1 unspecified atom stereocenters. The summed E-state index contributed by atoms with van der Waals surface area (Å²) in [7, 11) is 0. The molecule has 0 bridgehead atoms. The molecule has 0 spiro atoms. The zero-order valence-electron chi connectivity index (χ0n) is 16.0. The van der Waals surface area contributed by atoms with Crippen molar-refractivity contribution in [2.45, 2.75) is 26.9 Å². The van der Waals surface area contributed by atoms with Gasteiger partial charge in [0.2, 0.25) is 0 Å². The van der Waals surface area contributed by atoms with E-state index in [2.05, 4.69) is 15.1 Å². The third-order valence-corrected chi connectivity index (χ3v) is 4.74. The summed E-state index contributed by atoms with van der Waals surface area (Å²) in [5.74, 6) is 0.573. The van der Waals surface area contributed by atoms with Crippen LogP contribution in [0.15, 0.2) is 35.1 Å². The summed E-state index contributed by atoms with van der Waals surface area (Å²) < 4.78 is 11.2. The molecule has 0 aromatic carbocycles. The highest BCUT2D eigenvalue weighted by molar-refractivity contribution is 5.92. The second-order valence-corrected chi connectivity index (χ2v) is 6.80. The van der Waals surface area contributed by atoms with Crippen molar-refractivity contribution >= 4 is 5.91 Å². The van der Waals surface area contributed by atoms with Gasteiger partial charge in [-0.15, -0.1) is 0 Å². The molecule has 144 valence electrons. The molecule has 28 heavy (non-hydrogen) atoms. The van der Waals surface area contributed by atoms with Crippen molar-refractivity contribution in [3.05, 3.63) is 59.1 Å². The predicted octanol–water partition coefficient (Wildman–Crippen LogP) is 2.67. The molecule has 4 heterocycles. The molecule has 8 heteroatoms. The van der Waals surface area contributed by atoms with Gasteiger partial charge in [0, 0.05) is 12.7 Å². The van der Waals surface area contributed by atoms with Gasteiger partial charge >= 0.3 is 0 Å². The fourth-order valence-corrected chi connectivity index (χ4v) is 3.30. The summed E-state index contributed by atoms with van der Waals surface area (Å²) >= 11 is 0. The molecule has 1 saturated heterocycles. The first-order chi connectivity index (χ1) is 13.5. The number of ether oxygens (including phenoxy) is 1. The standard InChI is InChI=1S/C20H21N5O3/c1-12-9-22-17(10-21-12)20(26)25-7-8-27-18(11-25)15-5-4-6-16(23-15)19-13(2)24-28-14(19)3/h4-6,9-10,18H,7-8,11H2,1-3H3. The minimum atomic E-state index is -0.309. The number of hydrogen-bond donors (Lipinski definition) is 0. The van der Waals surface area contributed by atoms with E-state index in [1.807, 2.05) is 39.0 Å². The molecule has 1 amide bonds. The fourth-order valence-electron chi connectivity index (χ4n) is 3.30. The number of carbonyl (C=O) groups excluding carboxylic acids is 1. The van der Waals surface area contributed by atoms with E-state index in [0.717, 1.165) is 34.1 Å². The van der Waals surface area contributed by atoms with Gasteiger partial charge < -0.3 is 14.2 Å². The first-order valence-electron chi connectivity index (χ1n) is 9.12. The topological polar surface area (TPSA) is 94.2 Å². The quantitative estimate of drug-likeness (QED) is 0.690. The summed E-state index contributed by atoms with van der Waals surface area (Å²) in [5, 5.41) is 4.00. The van der Waals surface area contributed by atoms with Crippen LogP contribution in [0.5, 0.6) is 0 Å². The molecule has 8 nitrogen and oxygen atoms in total. The summed E-state index contributed by atoms with van der Waals surface area (Å²) in [5.41, 5.74) is 4.34. The molecule has 1 atom stereocenters. The van der Waals surface area contributed by atoms with Crippen LogP contribution in [0.3, 0.4) is 0 Å². The Kier molecular flexibility index (Phi) is 4.87. The lowest BCUT2D eigenvalue weighted by molar-refractivity contribution is -0.0248. The second kappa shape index (κ2) is 7.47. The number of nitrogens with zero attached hydrogens (tertiary/aromatic N) is 5. The molecule has 0 aliphatic carbocycles. The Bertz CT molecular complexity index is 980. The van der Waals surface area contributed by atoms with Crippen LogP contribution in [0.25, 0.3) is 11.3 Å². The highest BCUT2D eigenvalue weighted by atomic mass is 16.5. The highest BCUT2D eigenvalue weighted by Crippen LogP contribution is 2.28. The van der Waals surface area contributed by atoms with Gasteiger partial charge in [0.1, 0.15) is 17.6 Å². The van der Waals surface area contributed by atoms with Crippen molar-refractivity contribution in [3.63, 3.8) is 0 Å². The minimum Gasteiger partial charge on any atom is -0.368 e. The van der Waals surface area contributed by atoms with Gasteiger partial charge in [-0.25, -0.2) is 9.97 Å². The third-order valence-electron chi connectivity index (χ3n) is 4.74. The van der Waals surface area contributed by atoms with Crippen LogP contribution in [-0.2, 0) is 4.74 Å². The molecule has 3 aromatic heterocycles. The van der Waals surface area contributed by atoms with Crippen LogP contribution in [0.2, 0.25) is 0 Å². The van der Waals surface area contributed by atoms with Crippen LogP contribution >= 0.6 is 0 Å². The maximum atomic E-state index is 12.8. The number of aryl methyl sites for hydroxylation is 3. The summed E-state index contributed by atoms with van der Waals surface area (Å²) in [6, 6.07) is 5.76. The highest BCUT2D eigenvalue weighted by Gasteiger charge is 2.28. The maximum Gasteiger partial charge on any atom is 0.274 e. The molecule has 0 N–H and O–H groups in total. The fraction of sp³-hybridized carbons (Fsp3) is 0.350. The van der Waals surface area contributed by atoms with E-state index in [4.69, 9.17) is 14.2 Å². The van der Waals surface area contributed by atoms with E-state index in [0.29, 0.717) is 25.4 Å². The Balaban J connectivity index is 1.56. The normalized spacial score (nSPS) is 17.0. The van der Waals surface area contributed by atoms with E-state index in [9.17, 15) is 4.79 Å². The molecule has 3 aromatic rings. The van der Waals surface area contributed by atoms with Gasteiger partial charge in [-0.05, 0) is 32.9 Å². The van der Waals surface area contributed by atoms with E-state index in [1.165, 1.54) is 6.20 Å². The third kappa shape index (κ3) is 3.50. The average molecular weight is 379 g/mol. The Morgan fingerprint density at radius 3 is 2.75 bits per heavy atom. The van der Waals surface area contributed by atoms with Crippen molar-refractivity contribution in [2.75, 3.05) is 19.7 Å². The first kappa shape index (κ1) is 18.2. The molecule has 0 radical (unpaired) electrons. The van der Waals surface area contributed by atoms with Crippen LogP contribution in [0, 0.1) is 20.8 Å². The van der Waals surface area contributed by atoms with Crippen molar-refractivity contribution in [2.24, 2.45) is 0 Å². The molecular formula is C20H21N5O3. The molecule has 1 fully saturated rings. The SMILES string of the molecule is Cc1cnc(C(=O)N2CCOC(c3cccc(-c4c(C)noc4C)n3)C2)cn1. The lowest BCUT2D eigenvalue weighted by Crippen LogP contribution is -2.42. The number of pyridine rings is 1. The number of carbonyl (C=O) groups is 1. The van der Waals surface area contributed by atoms with E-state index in [1.54, 1.807) is 11.1 Å². The average Bonchev–Trinajstić information content (AvgIpc) is 3.06. The lowest BCUT2D eigenvalue weighted by Gasteiger charge is -2.32. The van der Waals surface area contributed by atoms with Gasteiger partial charge in [0.15, 0.2) is 0 Å². The van der Waals surface area contributed by atoms with Crippen LogP contribution < -0.4 is 0 Å². The van der Waals surface area contributed by atoms with Crippen molar-refractivity contribution in [3.8, 4) is 11.3 Å². The van der Waals surface area contributed by atoms with E-state index >= 15 is 0 Å². The van der Waals surface area contributed by atoms with Gasteiger partial charge in [-0.2, -0.15) is 0 Å². The lowest BCUT2D eigenvalue weighted by atomic mass is 10.1. The predicted molar refractivity (Wildman–Crippen MR) is 101 cm³/mol. The molecule has 4 rings (SSSR count). The molecular weight excluding hydrogens is 358 g/mol. The number of hydrogen-bond acceptors (Lipinski definition) is 7. The van der Waals surface area contributed by atoms with Gasteiger partial charge in [0.05, 0.1) is 47.7 Å². The first-order valence-corrected chi connectivity index (χ1v) is 9.12. The van der Waals surface area contributed by atoms with Gasteiger partial charge in [-0.1, -0.05) is 11.2 Å². The Hall–Kier alpha value is -3.13. The number of rotatable bonds is 3. The van der Waals surface area contributed by atoms with Crippen molar-refractivity contribution in [1.82, 2.24) is 25.0 Å². The van der Waals surface area contributed by atoms with Crippen LogP contribution in [0.4, 0.5) is 0 Å². The molecule has 1 aliphatic heterocycles. The minimum absolute atomic E-state index is 0.150. The Morgan fingerprint density at radius 1 is 1.18 bits per heavy atom. The molecule has 0 saturated carbocycles. The van der Waals surface area contributed by atoms with Crippen molar-refractivity contribution in [1.29, 1.82) is 0 Å². The Morgan fingerprint density at radius 2 is 2.04 bits per heavy atom.